The Morgan fingerprint density at radius 2 is 1.93 bits per heavy atom. The number of rotatable bonds is 2. The minimum atomic E-state index is -4.71. The SMILES string of the molecule is Cc1cccc(NN)c1OC(F)(F)F.Cl. The van der Waals surface area contributed by atoms with Crippen molar-refractivity contribution in [3.8, 4) is 5.75 Å². The summed E-state index contributed by atoms with van der Waals surface area (Å²) in [5.74, 6) is 4.74. The number of anilines is 1. The Hall–Kier alpha value is -1.14. The summed E-state index contributed by atoms with van der Waals surface area (Å²) < 4.78 is 39.7. The van der Waals surface area contributed by atoms with Crippen LogP contribution in [0.15, 0.2) is 18.2 Å². The fraction of sp³-hybridized carbons (Fsp3) is 0.250. The van der Waals surface area contributed by atoms with Crippen molar-refractivity contribution in [1.29, 1.82) is 0 Å². The van der Waals surface area contributed by atoms with Gasteiger partial charge in [0.2, 0.25) is 0 Å². The summed E-state index contributed by atoms with van der Waals surface area (Å²) in [7, 11) is 0. The van der Waals surface area contributed by atoms with Gasteiger partial charge < -0.3 is 10.2 Å². The number of nitrogens with one attached hydrogen (secondary N) is 1. The highest BCUT2D eigenvalue weighted by Gasteiger charge is 2.32. The normalized spacial score (nSPS) is 10.5. The fourth-order valence-electron chi connectivity index (χ4n) is 1.02. The summed E-state index contributed by atoms with van der Waals surface area (Å²) in [6.07, 6.45) is -4.71. The van der Waals surface area contributed by atoms with Crippen LogP contribution < -0.4 is 16.0 Å². The summed E-state index contributed by atoms with van der Waals surface area (Å²) in [5, 5.41) is 0. The van der Waals surface area contributed by atoms with Crippen molar-refractivity contribution < 1.29 is 17.9 Å². The molecule has 0 unspecified atom stereocenters. The molecule has 0 fully saturated rings. The molecule has 0 aliphatic carbocycles. The second kappa shape index (κ2) is 5.09. The summed E-state index contributed by atoms with van der Waals surface area (Å²) in [6, 6.07) is 4.48. The molecule has 0 radical (unpaired) electrons. The maximum atomic E-state index is 11.9. The number of hydrazine groups is 1. The molecule has 0 heterocycles. The first-order valence-electron chi connectivity index (χ1n) is 3.76. The minimum Gasteiger partial charge on any atom is -0.403 e. The number of nitrogen functional groups attached to an aromatic ring is 1. The molecular weight excluding hydrogens is 233 g/mol. The number of ether oxygens (including phenoxy) is 1. The van der Waals surface area contributed by atoms with Crippen LogP contribution in [-0.4, -0.2) is 6.36 Å². The van der Waals surface area contributed by atoms with Gasteiger partial charge in [0, 0.05) is 0 Å². The smallest absolute Gasteiger partial charge is 0.403 e. The van der Waals surface area contributed by atoms with Crippen molar-refractivity contribution in [2.24, 2.45) is 5.84 Å². The highest BCUT2D eigenvalue weighted by atomic mass is 35.5. The third kappa shape index (κ3) is 3.85. The lowest BCUT2D eigenvalue weighted by atomic mass is 10.2. The molecular formula is C8H10ClF3N2O. The van der Waals surface area contributed by atoms with E-state index in [-0.39, 0.29) is 23.8 Å². The third-order valence-corrected chi connectivity index (χ3v) is 1.59. The summed E-state index contributed by atoms with van der Waals surface area (Å²) in [5.41, 5.74) is 2.59. The van der Waals surface area contributed by atoms with Gasteiger partial charge in [-0.3, -0.25) is 5.84 Å². The molecule has 0 amide bonds. The topological polar surface area (TPSA) is 47.3 Å². The number of hydrogen-bond donors (Lipinski definition) is 2. The Morgan fingerprint density at radius 1 is 1.33 bits per heavy atom. The van der Waals surface area contributed by atoms with Gasteiger partial charge in [-0.15, -0.1) is 25.6 Å². The molecule has 15 heavy (non-hydrogen) atoms. The molecule has 0 aromatic heterocycles. The van der Waals surface area contributed by atoms with Crippen molar-refractivity contribution in [1.82, 2.24) is 0 Å². The molecule has 7 heteroatoms. The van der Waals surface area contributed by atoms with Gasteiger partial charge in [-0.1, -0.05) is 12.1 Å². The van der Waals surface area contributed by atoms with E-state index in [0.717, 1.165) is 0 Å². The predicted molar refractivity (Wildman–Crippen MR) is 52.9 cm³/mol. The van der Waals surface area contributed by atoms with Crippen molar-refractivity contribution in [2.75, 3.05) is 5.43 Å². The Balaban J connectivity index is 0.00000196. The van der Waals surface area contributed by atoms with E-state index in [2.05, 4.69) is 10.2 Å². The number of para-hydroxylation sites is 1. The molecule has 3 nitrogen and oxygen atoms in total. The van der Waals surface area contributed by atoms with E-state index in [4.69, 9.17) is 5.84 Å². The van der Waals surface area contributed by atoms with Gasteiger partial charge in [0.05, 0.1) is 5.69 Å². The van der Waals surface area contributed by atoms with Crippen LogP contribution in [0.2, 0.25) is 0 Å². The molecule has 1 rings (SSSR count). The first-order valence-corrected chi connectivity index (χ1v) is 3.76. The van der Waals surface area contributed by atoms with E-state index < -0.39 is 6.36 Å². The Bertz CT molecular complexity index is 330. The maximum Gasteiger partial charge on any atom is 0.573 e. The zero-order chi connectivity index (χ0) is 10.8. The second-order valence-electron chi connectivity index (χ2n) is 2.64. The van der Waals surface area contributed by atoms with Crippen LogP contribution in [0.1, 0.15) is 5.56 Å². The molecule has 1 aromatic rings. The van der Waals surface area contributed by atoms with Crippen LogP contribution in [0.4, 0.5) is 18.9 Å². The Labute approximate surface area is 90.8 Å². The first-order chi connectivity index (χ1) is 6.44. The third-order valence-electron chi connectivity index (χ3n) is 1.59. The molecule has 0 aliphatic rings. The highest BCUT2D eigenvalue weighted by Crippen LogP contribution is 2.32. The molecule has 86 valence electrons. The molecule has 0 bridgehead atoms. The van der Waals surface area contributed by atoms with Gasteiger partial charge in [-0.25, -0.2) is 0 Å². The van der Waals surface area contributed by atoms with E-state index in [9.17, 15) is 13.2 Å². The molecule has 0 spiro atoms. The Kier molecular flexibility index (Phi) is 4.70. The molecule has 0 saturated carbocycles. The zero-order valence-electron chi connectivity index (χ0n) is 7.76. The largest absolute Gasteiger partial charge is 0.573 e. The van der Waals surface area contributed by atoms with Crippen LogP contribution >= 0.6 is 12.4 Å². The summed E-state index contributed by atoms with van der Waals surface area (Å²) in [6.45, 7) is 1.50. The standard InChI is InChI=1S/C8H9F3N2O.ClH/c1-5-3-2-4-6(13-12)7(5)14-8(9,10)11;/h2-4,13H,12H2,1H3;1H. The lowest BCUT2D eigenvalue weighted by Gasteiger charge is -2.14. The summed E-state index contributed by atoms with van der Waals surface area (Å²) in [4.78, 5) is 0. The quantitative estimate of drug-likeness (QED) is 0.619. The number of hydrogen-bond acceptors (Lipinski definition) is 3. The van der Waals surface area contributed by atoms with Crippen molar-refractivity contribution in [2.45, 2.75) is 13.3 Å². The zero-order valence-corrected chi connectivity index (χ0v) is 8.58. The van der Waals surface area contributed by atoms with Crippen molar-refractivity contribution in [3.05, 3.63) is 23.8 Å². The van der Waals surface area contributed by atoms with Crippen LogP contribution in [0.3, 0.4) is 0 Å². The number of nitrogens with two attached hydrogens (primary N) is 1. The molecule has 0 saturated heterocycles. The lowest BCUT2D eigenvalue weighted by Crippen LogP contribution is -2.20. The number of halogens is 4. The number of aryl methyl sites for hydroxylation is 1. The summed E-state index contributed by atoms with van der Waals surface area (Å²) >= 11 is 0. The van der Waals surface area contributed by atoms with E-state index >= 15 is 0 Å². The maximum absolute atomic E-state index is 11.9. The van der Waals surface area contributed by atoms with E-state index in [1.165, 1.54) is 19.1 Å². The van der Waals surface area contributed by atoms with Crippen molar-refractivity contribution in [3.63, 3.8) is 0 Å². The minimum absolute atomic E-state index is 0. The molecule has 0 aliphatic heterocycles. The average Bonchev–Trinajstić information content (AvgIpc) is 2.06. The van der Waals surface area contributed by atoms with Crippen LogP contribution in [-0.2, 0) is 0 Å². The van der Waals surface area contributed by atoms with Gasteiger partial charge in [0.1, 0.15) is 0 Å². The molecule has 1 aromatic carbocycles. The van der Waals surface area contributed by atoms with E-state index in [1.54, 1.807) is 6.07 Å². The number of alkyl halides is 3. The highest BCUT2D eigenvalue weighted by molar-refractivity contribution is 5.85. The van der Waals surface area contributed by atoms with E-state index in [0.29, 0.717) is 5.56 Å². The van der Waals surface area contributed by atoms with Crippen LogP contribution in [0, 0.1) is 6.92 Å². The van der Waals surface area contributed by atoms with Gasteiger partial charge in [-0.2, -0.15) is 0 Å². The monoisotopic (exact) mass is 242 g/mol. The fourth-order valence-corrected chi connectivity index (χ4v) is 1.02. The second-order valence-corrected chi connectivity index (χ2v) is 2.64. The number of benzene rings is 1. The van der Waals surface area contributed by atoms with Gasteiger partial charge in [0.15, 0.2) is 5.75 Å². The van der Waals surface area contributed by atoms with E-state index in [1.807, 2.05) is 0 Å². The van der Waals surface area contributed by atoms with Crippen LogP contribution in [0.5, 0.6) is 5.75 Å². The predicted octanol–water partition coefficient (Wildman–Crippen LogP) is 2.60. The van der Waals surface area contributed by atoms with Gasteiger partial charge in [0.25, 0.3) is 0 Å². The molecule has 3 N–H and O–H groups in total. The lowest BCUT2D eigenvalue weighted by molar-refractivity contribution is -0.274. The van der Waals surface area contributed by atoms with Crippen LogP contribution in [0.25, 0.3) is 0 Å². The first kappa shape index (κ1) is 13.9. The van der Waals surface area contributed by atoms with Gasteiger partial charge in [-0.05, 0) is 18.6 Å². The average molecular weight is 243 g/mol. The van der Waals surface area contributed by atoms with Gasteiger partial charge >= 0.3 is 6.36 Å². The Morgan fingerprint density at radius 3 is 2.40 bits per heavy atom. The molecule has 0 atom stereocenters. The van der Waals surface area contributed by atoms with Crippen molar-refractivity contribution >= 4 is 18.1 Å².